The van der Waals surface area contributed by atoms with Gasteiger partial charge in [-0.15, -0.1) is 10.2 Å². The van der Waals surface area contributed by atoms with Crippen molar-refractivity contribution in [2.45, 2.75) is 5.22 Å². The van der Waals surface area contributed by atoms with E-state index in [0.29, 0.717) is 11.7 Å². The van der Waals surface area contributed by atoms with Gasteiger partial charge in [-0.1, -0.05) is 45.9 Å². The van der Waals surface area contributed by atoms with Crippen LogP contribution in [0.2, 0.25) is 0 Å². The minimum atomic E-state index is -0.300. The number of carbonyl (C=O) groups excluding carboxylic acids is 1. The van der Waals surface area contributed by atoms with Crippen molar-refractivity contribution < 1.29 is 9.21 Å². The first kappa shape index (κ1) is 20.2. The van der Waals surface area contributed by atoms with E-state index >= 15 is 0 Å². The molecule has 0 N–H and O–H groups in total. The van der Waals surface area contributed by atoms with E-state index in [4.69, 9.17) is 4.42 Å². The zero-order valence-corrected chi connectivity index (χ0v) is 18.6. The number of nitrogens with zero attached hydrogens (tertiary/aromatic N) is 5. The van der Waals surface area contributed by atoms with Crippen molar-refractivity contribution in [1.29, 1.82) is 5.26 Å². The highest BCUT2D eigenvalue weighted by molar-refractivity contribution is 9.10. The Labute approximate surface area is 186 Å². The maximum Gasteiger partial charge on any atom is 0.277 e. The number of fused-ring (bicyclic) bond motifs is 1. The molecule has 1 aliphatic heterocycles. The van der Waals surface area contributed by atoms with Crippen molar-refractivity contribution in [3.05, 3.63) is 64.4 Å². The summed E-state index contributed by atoms with van der Waals surface area (Å²) in [4.78, 5) is 16.6. The number of para-hydroxylation sites is 2. The average molecular weight is 482 g/mol. The molecule has 0 radical (unpaired) electrons. The quantitative estimate of drug-likeness (QED) is 0.299. The zero-order valence-electron chi connectivity index (χ0n) is 16.2. The van der Waals surface area contributed by atoms with E-state index in [2.05, 4.69) is 32.2 Å². The Morgan fingerprint density at radius 1 is 1.13 bits per heavy atom. The zero-order chi connectivity index (χ0) is 21.3. The SMILES string of the molecule is CN1C(=C(C#N)C(=O)CSc2nnc(-c3cccc(Br)c3)o2)N(C)c2ccccc21. The number of aromatic nitrogens is 2. The number of allylic oxidation sites excluding steroid dienone is 1. The molecular weight excluding hydrogens is 466 g/mol. The second-order valence-electron chi connectivity index (χ2n) is 6.51. The molecule has 9 heteroatoms. The van der Waals surface area contributed by atoms with E-state index in [1.807, 2.05) is 72.4 Å². The summed E-state index contributed by atoms with van der Waals surface area (Å²) >= 11 is 4.52. The lowest BCUT2D eigenvalue weighted by Gasteiger charge is -2.19. The van der Waals surface area contributed by atoms with Gasteiger partial charge in [0.05, 0.1) is 17.1 Å². The van der Waals surface area contributed by atoms with Gasteiger partial charge in [0, 0.05) is 24.1 Å². The molecule has 30 heavy (non-hydrogen) atoms. The molecule has 4 rings (SSSR count). The maximum absolute atomic E-state index is 12.8. The lowest BCUT2D eigenvalue weighted by atomic mass is 10.2. The summed E-state index contributed by atoms with van der Waals surface area (Å²) in [6.07, 6.45) is 0. The second kappa shape index (κ2) is 8.34. The van der Waals surface area contributed by atoms with Crippen LogP contribution in [0.3, 0.4) is 0 Å². The minimum Gasteiger partial charge on any atom is -0.411 e. The first-order valence-electron chi connectivity index (χ1n) is 8.96. The summed E-state index contributed by atoms with van der Waals surface area (Å²) in [7, 11) is 3.69. The van der Waals surface area contributed by atoms with E-state index in [1.165, 1.54) is 0 Å². The van der Waals surface area contributed by atoms with Crippen LogP contribution in [-0.4, -0.2) is 35.8 Å². The molecule has 0 atom stereocenters. The minimum absolute atomic E-state index is 0.0184. The Hall–Kier alpha value is -3.09. The first-order chi connectivity index (χ1) is 14.5. The molecule has 0 unspecified atom stereocenters. The molecule has 1 aliphatic rings. The first-order valence-corrected chi connectivity index (χ1v) is 10.7. The summed E-state index contributed by atoms with van der Waals surface area (Å²) in [5.41, 5.74) is 2.76. The van der Waals surface area contributed by atoms with Crippen molar-refractivity contribution in [2.24, 2.45) is 0 Å². The number of benzene rings is 2. The van der Waals surface area contributed by atoms with E-state index in [9.17, 15) is 10.1 Å². The molecule has 3 aromatic rings. The average Bonchev–Trinajstić information content (AvgIpc) is 3.32. The van der Waals surface area contributed by atoms with Crippen molar-refractivity contribution in [3.8, 4) is 17.5 Å². The third kappa shape index (κ3) is 3.72. The number of Topliss-reactive ketones (excluding diaryl/α,β-unsaturated/α-hetero) is 1. The molecule has 7 nitrogen and oxygen atoms in total. The topological polar surface area (TPSA) is 86.3 Å². The third-order valence-corrected chi connectivity index (χ3v) is 5.97. The maximum atomic E-state index is 12.8. The van der Waals surface area contributed by atoms with Gasteiger partial charge in [0.25, 0.3) is 5.22 Å². The van der Waals surface area contributed by atoms with Gasteiger partial charge < -0.3 is 14.2 Å². The van der Waals surface area contributed by atoms with Crippen molar-refractivity contribution >= 4 is 44.8 Å². The van der Waals surface area contributed by atoms with Crippen molar-refractivity contribution in [1.82, 2.24) is 10.2 Å². The number of hydrogen-bond donors (Lipinski definition) is 0. The Morgan fingerprint density at radius 2 is 1.83 bits per heavy atom. The summed E-state index contributed by atoms with van der Waals surface area (Å²) in [6.45, 7) is 0. The van der Waals surface area contributed by atoms with Crippen LogP contribution >= 0.6 is 27.7 Å². The van der Waals surface area contributed by atoms with Crippen LogP contribution in [0.5, 0.6) is 0 Å². The fourth-order valence-electron chi connectivity index (χ4n) is 3.26. The molecule has 150 valence electrons. The molecule has 0 spiro atoms. The number of ketones is 1. The predicted molar refractivity (Wildman–Crippen MR) is 119 cm³/mol. The van der Waals surface area contributed by atoms with Gasteiger partial charge in [-0.05, 0) is 30.3 Å². The molecule has 1 aromatic heterocycles. The third-order valence-electron chi connectivity index (χ3n) is 4.66. The lowest BCUT2D eigenvalue weighted by molar-refractivity contribution is -0.112. The summed E-state index contributed by atoms with van der Waals surface area (Å²) < 4.78 is 6.56. The Morgan fingerprint density at radius 3 is 2.47 bits per heavy atom. The number of nitriles is 1. The lowest BCUT2D eigenvalue weighted by Crippen LogP contribution is -2.26. The normalized spacial score (nSPS) is 12.7. The highest BCUT2D eigenvalue weighted by Gasteiger charge is 2.31. The number of halogens is 1. The second-order valence-corrected chi connectivity index (χ2v) is 8.35. The van der Waals surface area contributed by atoms with E-state index in [0.717, 1.165) is 33.2 Å². The van der Waals surface area contributed by atoms with Crippen LogP contribution in [0.4, 0.5) is 11.4 Å². The molecule has 0 aliphatic carbocycles. The summed E-state index contributed by atoms with van der Waals surface area (Å²) in [6, 6.07) is 17.3. The highest BCUT2D eigenvalue weighted by Crippen LogP contribution is 2.40. The largest absolute Gasteiger partial charge is 0.411 e. The van der Waals surface area contributed by atoms with Crippen LogP contribution < -0.4 is 9.80 Å². The van der Waals surface area contributed by atoms with Crippen molar-refractivity contribution in [2.75, 3.05) is 29.6 Å². The number of hydrogen-bond acceptors (Lipinski definition) is 8. The van der Waals surface area contributed by atoms with E-state index in [1.54, 1.807) is 0 Å². The highest BCUT2D eigenvalue weighted by atomic mass is 79.9. The van der Waals surface area contributed by atoms with Gasteiger partial charge in [0.2, 0.25) is 5.89 Å². The fraction of sp³-hybridized carbons (Fsp3) is 0.143. The fourth-order valence-corrected chi connectivity index (χ4v) is 4.30. The summed E-state index contributed by atoms with van der Waals surface area (Å²) in [5, 5.41) is 18.0. The molecule has 0 fully saturated rings. The standard InChI is InChI=1S/C21H16BrN5O2S/c1-26-16-8-3-4-9-17(16)27(2)20(26)15(11-23)18(28)12-30-21-25-24-19(29-21)13-6-5-7-14(22)10-13/h3-10H,12H2,1-2H3. The number of thioether (sulfide) groups is 1. The molecule has 0 amide bonds. The summed E-state index contributed by atoms with van der Waals surface area (Å²) in [5.74, 6) is 0.650. The Balaban J connectivity index is 1.52. The molecular formula is C21H16BrN5O2S. The predicted octanol–water partition coefficient (Wildman–Crippen LogP) is 4.48. The van der Waals surface area contributed by atoms with Gasteiger partial charge in [0.1, 0.15) is 17.5 Å². The number of rotatable bonds is 5. The van der Waals surface area contributed by atoms with Gasteiger partial charge in [-0.25, -0.2) is 0 Å². The molecule has 0 saturated carbocycles. The van der Waals surface area contributed by atoms with Crippen molar-refractivity contribution in [3.63, 3.8) is 0 Å². The van der Waals surface area contributed by atoms with Crippen LogP contribution in [0, 0.1) is 11.3 Å². The van der Waals surface area contributed by atoms with Crippen LogP contribution in [0.1, 0.15) is 0 Å². The van der Waals surface area contributed by atoms with Gasteiger partial charge >= 0.3 is 0 Å². The monoisotopic (exact) mass is 481 g/mol. The van der Waals surface area contributed by atoms with Gasteiger partial charge in [-0.3, -0.25) is 4.79 Å². The van der Waals surface area contributed by atoms with Crippen LogP contribution in [-0.2, 0) is 4.79 Å². The molecule has 0 saturated heterocycles. The number of anilines is 2. The molecule has 0 bridgehead atoms. The Kier molecular flexibility index (Phi) is 5.61. The van der Waals surface area contributed by atoms with E-state index in [-0.39, 0.29) is 22.3 Å². The van der Waals surface area contributed by atoms with Crippen LogP contribution in [0.25, 0.3) is 11.5 Å². The smallest absolute Gasteiger partial charge is 0.277 e. The van der Waals surface area contributed by atoms with Gasteiger partial charge in [-0.2, -0.15) is 5.26 Å². The Bertz CT molecular complexity index is 1170. The van der Waals surface area contributed by atoms with E-state index < -0.39 is 0 Å². The van der Waals surface area contributed by atoms with Gasteiger partial charge in [0.15, 0.2) is 5.78 Å². The molecule has 2 aromatic carbocycles. The van der Waals surface area contributed by atoms with Crippen LogP contribution in [0.15, 0.2) is 74.0 Å². The molecule has 2 heterocycles. The number of carbonyl (C=O) groups is 1.